The molecule has 27 heavy (non-hydrogen) atoms. The van der Waals surface area contributed by atoms with E-state index in [0.29, 0.717) is 31.2 Å². The Kier molecular flexibility index (Phi) is 8.83. The number of ether oxygens (including phenoxy) is 1. The summed E-state index contributed by atoms with van der Waals surface area (Å²) in [4.78, 5) is 18.2. The Morgan fingerprint density at radius 3 is 2.67 bits per heavy atom. The van der Waals surface area contributed by atoms with Crippen LogP contribution in [0.1, 0.15) is 25.0 Å². The Morgan fingerprint density at radius 2 is 2.07 bits per heavy atom. The van der Waals surface area contributed by atoms with Crippen molar-refractivity contribution in [1.29, 1.82) is 0 Å². The second-order valence-electron chi connectivity index (χ2n) is 6.38. The first-order valence-electron chi connectivity index (χ1n) is 8.53. The quantitative estimate of drug-likeness (QED) is 0.298. The predicted molar refractivity (Wildman–Crippen MR) is 108 cm³/mol. The molecule has 9 heteroatoms. The van der Waals surface area contributed by atoms with Crippen LogP contribution in [-0.2, 0) is 22.3 Å². The molecule has 1 N–H and O–H groups in total. The molecule has 2 atom stereocenters. The molecule has 0 aliphatic carbocycles. The fourth-order valence-corrected chi connectivity index (χ4v) is 3.04. The summed E-state index contributed by atoms with van der Waals surface area (Å²) in [6.45, 7) is 5.74. The van der Waals surface area contributed by atoms with E-state index in [0.717, 1.165) is 12.1 Å². The number of hydrogen-bond acceptors (Lipinski definition) is 3. The van der Waals surface area contributed by atoms with Crippen molar-refractivity contribution < 1.29 is 22.7 Å². The summed E-state index contributed by atoms with van der Waals surface area (Å²) in [5.74, 6) is 0.203. The summed E-state index contributed by atoms with van der Waals surface area (Å²) in [5.41, 5.74) is -0.206. The molecule has 1 heterocycles. The van der Waals surface area contributed by atoms with Gasteiger partial charge in [-0.2, -0.15) is 13.2 Å². The first-order chi connectivity index (χ1) is 12.3. The number of guanidine groups is 1. The summed E-state index contributed by atoms with van der Waals surface area (Å²) in [6.07, 6.45) is -4.37. The van der Waals surface area contributed by atoms with Crippen molar-refractivity contribution in [3.05, 3.63) is 35.4 Å². The number of likely N-dealkylation sites (tertiary alicyclic amines) is 1. The number of benzene rings is 1. The fourth-order valence-electron chi connectivity index (χ4n) is 3.04. The van der Waals surface area contributed by atoms with Gasteiger partial charge in [-0.05, 0) is 30.5 Å². The van der Waals surface area contributed by atoms with E-state index in [4.69, 9.17) is 4.74 Å². The predicted octanol–water partition coefficient (Wildman–Crippen LogP) is 3.53. The number of carbonyl (C=O) groups excluding carboxylic acids is 1. The molecular formula is C18H25F3IN3O2. The van der Waals surface area contributed by atoms with Crippen LogP contribution in [0.2, 0.25) is 0 Å². The van der Waals surface area contributed by atoms with Gasteiger partial charge in [0.05, 0.1) is 25.1 Å². The second kappa shape index (κ2) is 10.1. The highest BCUT2D eigenvalue weighted by Gasteiger charge is 2.37. The van der Waals surface area contributed by atoms with Crippen LogP contribution in [0.15, 0.2) is 29.3 Å². The lowest BCUT2D eigenvalue weighted by molar-refractivity contribution is -0.146. The summed E-state index contributed by atoms with van der Waals surface area (Å²) >= 11 is 0. The van der Waals surface area contributed by atoms with E-state index in [9.17, 15) is 18.0 Å². The number of nitrogens with zero attached hydrogens (tertiary/aromatic N) is 2. The highest BCUT2D eigenvalue weighted by Crippen LogP contribution is 2.29. The van der Waals surface area contributed by atoms with Gasteiger partial charge in [-0.1, -0.05) is 19.1 Å². The van der Waals surface area contributed by atoms with Gasteiger partial charge in [0, 0.05) is 19.6 Å². The van der Waals surface area contributed by atoms with Crippen molar-refractivity contribution in [3.8, 4) is 0 Å². The van der Waals surface area contributed by atoms with E-state index >= 15 is 0 Å². The highest BCUT2D eigenvalue weighted by atomic mass is 127. The van der Waals surface area contributed by atoms with Gasteiger partial charge in [-0.15, -0.1) is 24.0 Å². The third kappa shape index (κ3) is 6.25. The van der Waals surface area contributed by atoms with E-state index < -0.39 is 11.7 Å². The molecular weight excluding hydrogens is 474 g/mol. The van der Waals surface area contributed by atoms with Gasteiger partial charge in [0.15, 0.2) is 5.96 Å². The van der Waals surface area contributed by atoms with Gasteiger partial charge in [0.1, 0.15) is 0 Å². The smallest absolute Gasteiger partial charge is 0.416 e. The Hall–Kier alpha value is -1.52. The summed E-state index contributed by atoms with van der Waals surface area (Å²) in [6, 6.07) is 5.15. The number of alkyl halides is 3. The lowest BCUT2D eigenvalue weighted by Crippen LogP contribution is -2.40. The number of halogens is 4. The Balaban J connectivity index is 0.00000364. The molecule has 0 radical (unpaired) electrons. The standard InChI is InChI=1S/C18H24F3N3O2.HI/c1-4-22-17(24-10-12(2)15(11-24)16(25)26-3)23-9-13-6-5-7-14(8-13)18(19,20)21;/h5-8,12,15H,4,9-11H2,1-3H3,(H,22,23);1H. The zero-order valence-corrected chi connectivity index (χ0v) is 17.9. The van der Waals surface area contributed by atoms with E-state index in [1.807, 2.05) is 18.7 Å². The monoisotopic (exact) mass is 499 g/mol. The Morgan fingerprint density at radius 1 is 1.37 bits per heavy atom. The van der Waals surface area contributed by atoms with Crippen LogP contribution in [0.5, 0.6) is 0 Å². The molecule has 1 aliphatic rings. The van der Waals surface area contributed by atoms with Crippen molar-refractivity contribution in [2.75, 3.05) is 26.7 Å². The Bertz CT molecular complexity index is 667. The van der Waals surface area contributed by atoms with E-state index in [1.165, 1.54) is 13.2 Å². The first-order valence-corrected chi connectivity index (χ1v) is 8.53. The third-order valence-electron chi connectivity index (χ3n) is 4.42. The molecule has 1 aromatic carbocycles. The molecule has 0 bridgehead atoms. The molecule has 5 nitrogen and oxygen atoms in total. The molecule has 1 fully saturated rings. The molecule has 0 spiro atoms. The Labute approximate surface area is 174 Å². The maximum absolute atomic E-state index is 12.8. The zero-order valence-electron chi connectivity index (χ0n) is 15.5. The maximum atomic E-state index is 12.8. The lowest BCUT2D eigenvalue weighted by atomic mass is 9.99. The number of methoxy groups -OCH3 is 1. The average Bonchev–Trinajstić information content (AvgIpc) is 2.99. The van der Waals surface area contributed by atoms with Gasteiger partial charge in [0.2, 0.25) is 0 Å². The van der Waals surface area contributed by atoms with Crippen LogP contribution in [0.4, 0.5) is 13.2 Å². The number of esters is 1. The number of aliphatic imine (C=N–C) groups is 1. The maximum Gasteiger partial charge on any atom is 0.416 e. The van der Waals surface area contributed by atoms with Crippen molar-refractivity contribution in [2.45, 2.75) is 26.6 Å². The fraction of sp³-hybridized carbons (Fsp3) is 0.556. The lowest BCUT2D eigenvalue weighted by Gasteiger charge is -2.21. The van der Waals surface area contributed by atoms with Crippen LogP contribution in [0.25, 0.3) is 0 Å². The minimum Gasteiger partial charge on any atom is -0.469 e. The van der Waals surface area contributed by atoms with Crippen molar-refractivity contribution in [2.24, 2.45) is 16.8 Å². The number of rotatable bonds is 4. The molecule has 0 saturated carbocycles. The van der Waals surface area contributed by atoms with Crippen molar-refractivity contribution in [3.63, 3.8) is 0 Å². The molecule has 0 amide bonds. The average molecular weight is 499 g/mol. The van der Waals surface area contributed by atoms with Gasteiger partial charge >= 0.3 is 12.1 Å². The van der Waals surface area contributed by atoms with Crippen molar-refractivity contribution >= 4 is 35.9 Å². The van der Waals surface area contributed by atoms with Crippen LogP contribution in [-0.4, -0.2) is 43.6 Å². The minimum atomic E-state index is -4.37. The molecule has 1 saturated heterocycles. The molecule has 1 aromatic rings. The largest absolute Gasteiger partial charge is 0.469 e. The molecule has 1 aliphatic heterocycles. The van der Waals surface area contributed by atoms with Crippen molar-refractivity contribution in [1.82, 2.24) is 10.2 Å². The SMILES string of the molecule is CCNC(=NCc1cccc(C(F)(F)F)c1)N1CC(C)C(C(=O)OC)C1.I. The van der Waals surface area contributed by atoms with E-state index in [-0.39, 0.29) is 48.3 Å². The summed E-state index contributed by atoms with van der Waals surface area (Å²) in [7, 11) is 1.37. The topological polar surface area (TPSA) is 53.9 Å². The van der Waals surface area contributed by atoms with E-state index in [2.05, 4.69) is 10.3 Å². The van der Waals surface area contributed by atoms with Crippen LogP contribution in [0, 0.1) is 11.8 Å². The molecule has 152 valence electrons. The second-order valence-corrected chi connectivity index (χ2v) is 6.38. The van der Waals surface area contributed by atoms with Crippen LogP contribution in [0.3, 0.4) is 0 Å². The molecule has 2 rings (SSSR count). The van der Waals surface area contributed by atoms with Gasteiger partial charge in [-0.25, -0.2) is 4.99 Å². The minimum absolute atomic E-state index is 0. The summed E-state index contributed by atoms with van der Waals surface area (Å²) < 4.78 is 43.3. The number of hydrogen-bond donors (Lipinski definition) is 1. The van der Waals surface area contributed by atoms with E-state index in [1.54, 1.807) is 6.07 Å². The third-order valence-corrected chi connectivity index (χ3v) is 4.42. The van der Waals surface area contributed by atoms with Crippen LogP contribution >= 0.6 is 24.0 Å². The zero-order chi connectivity index (χ0) is 19.3. The summed E-state index contributed by atoms with van der Waals surface area (Å²) in [5, 5.41) is 3.14. The highest BCUT2D eigenvalue weighted by molar-refractivity contribution is 14.0. The first kappa shape index (κ1) is 23.5. The van der Waals surface area contributed by atoms with Gasteiger partial charge in [0.25, 0.3) is 0 Å². The van der Waals surface area contributed by atoms with Gasteiger partial charge < -0.3 is 15.0 Å². The van der Waals surface area contributed by atoms with Crippen LogP contribution < -0.4 is 5.32 Å². The number of carbonyl (C=O) groups is 1. The van der Waals surface area contributed by atoms with Gasteiger partial charge in [-0.3, -0.25) is 4.79 Å². The normalized spacial score (nSPS) is 20.2. The molecule has 2 unspecified atom stereocenters. The molecule has 0 aromatic heterocycles. The number of nitrogens with one attached hydrogen (secondary N) is 1.